The fourth-order valence-corrected chi connectivity index (χ4v) is 2.37. The van der Waals surface area contributed by atoms with Gasteiger partial charge in [-0.3, -0.25) is 0 Å². The van der Waals surface area contributed by atoms with Gasteiger partial charge in [0.2, 0.25) is 0 Å². The molecule has 0 spiro atoms. The molecule has 0 fully saturated rings. The minimum atomic E-state index is -0.232. The first kappa shape index (κ1) is 14.0. The lowest BCUT2D eigenvalue weighted by Gasteiger charge is -2.10. The number of hydrogen-bond acceptors (Lipinski definition) is 3. The lowest BCUT2D eigenvalue weighted by molar-refractivity contribution is 0.107. The summed E-state index contributed by atoms with van der Waals surface area (Å²) in [6, 6.07) is 12.6. The molecular weight excluding hydrogens is 269 g/mol. The fourth-order valence-electron chi connectivity index (χ4n) is 2.37. The first-order valence-electron chi connectivity index (χ1n) is 7.09. The quantitative estimate of drug-likeness (QED) is 0.937. The predicted molar refractivity (Wildman–Crippen MR) is 78.5 cm³/mol. The van der Waals surface area contributed by atoms with Gasteiger partial charge in [-0.05, 0) is 35.4 Å². The van der Waals surface area contributed by atoms with Crippen LogP contribution >= 0.6 is 0 Å². The highest BCUT2D eigenvalue weighted by molar-refractivity contribution is 5.37. The third kappa shape index (κ3) is 3.80. The van der Waals surface area contributed by atoms with Gasteiger partial charge in [-0.1, -0.05) is 18.2 Å². The van der Waals surface area contributed by atoms with Crippen molar-refractivity contribution in [2.24, 2.45) is 0 Å². The van der Waals surface area contributed by atoms with Gasteiger partial charge in [0.25, 0.3) is 0 Å². The molecule has 3 nitrogen and oxygen atoms in total. The highest BCUT2D eigenvalue weighted by atomic mass is 19.1. The van der Waals surface area contributed by atoms with Crippen molar-refractivity contribution in [1.82, 2.24) is 5.32 Å². The van der Waals surface area contributed by atoms with Crippen molar-refractivity contribution < 1.29 is 13.9 Å². The third-order valence-electron chi connectivity index (χ3n) is 3.40. The molecule has 0 atom stereocenters. The lowest BCUT2D eigenvalue weighted by atomic mass is 10.1. The molecule has 0 aliphatic carbocycles. The van der Waals surface area contributed by atoms with Crippen LogP contribution in [0.3, 0.4) is 0 Å². The monoisotopic (exact) mass is 287 g/mol. The summed E-state index contributed by atoms with van der Waals surface area (Å²) in [7, 11) is 0. The van der Waals surface area contributed by atoms with Crippen molar-refractivity contribution in [3.63, 3.8) is 0 Å². The summed E-state index contributed by atoms with van der Waals surface area (Å²) in [6.07, 6.45) is 0. The highest BCUT2D eigenvalue weighted by Crippen LogP contribution is 2.22. The van der Waals surface area contributed by atoms with Crippen molar-refractivity contribution in [3.05, 3.63) is 65.0 Å². The SMILES string of the molecule is Fc1cccc(COCc2ccc3c(c2)CNCCO3)c1. The van der Waals surface area contributed by atoms with Gasteiger partial charge >= 0.3 is 0 Å². The van der Waals surface area contributed by atoms with E-state index in [9.17, 15) is 4.39 Å². The number of benzene rings is 2. The summed E-state index contributed by atoms with van der Waals surface area (Å²) < 4.78 is 24.4. The molecule has 0 bridgehead atoms. The Morgan fingerprint density at radius 3 is 2.81 bits per heavy atom. The van der Waals surface area contributed by atoms with Crippen LogP contribution in [0.4, 0.5) is 4.39 Å². The summed E-state index contributed by atoms with van der Waals surface area (Å²) in [5, 5.41) is 3.31. The Morgan fingerprint density at radius 1 is 1.10 bits per heavy atom. The van der Waals surface area contributed by atoms with Crippen molar-refractivity contribution in [1.29, 1.82) is 0 Å². The number of halogens is 1. The van der Waals surface area contributed by atoms with Crippen molar-refractivity contribution in [2.45, 2.75) is 19.8 Å². The minimum Gasteiger partial charge on any atom is -0.492 e. The second kappa shape index (κ2) is 6.70. The molecule has 1 aliphatic rings. The standard InChI is InChI=1S/C17H18FNO2/c18-16-3-1-2-13(9-16)11-20-12-14-4-5-17-15(8-14)10-19-6-7-21-17/h1-5,8-9,19H,6-7,10-12H2. The number of ether oxygens (including phenoxy) is 2. The zero-order valence-corrected chi connectivity index (χ0v) is 11.8. The molecule has 1 aliphatic heterocycles. The van der Waals surface area contributed by atoms with Crippen LogP contribution in [0.15, 0.2) is 42.5 Å². The number of fused-ring (bicyclic) bond motifs is 1. The van der Waals surface area contributed by atoms with E-state index in [1.165, 1.54) is 12.1 Å². The molecule has 2 aromatic carbocycles. The van der Waals surface area contributed by atoms with Gasteiger partial charge in [0, 0.05) is 18.7 Å². The third-order valence-corrected chi connectivity index (χ3v) is 3.40. The van der Waals surface area contributed by atoms with Gasteiger partial charge in [-0.25, -0.2) is 4.39 Å². The molecule has 4 heteroatoms. The van der Waals surface area contributed by atoms with Crippen LogP contribution in [0.5, 0.6) is 5.75 Å². The predicted octanol–water partition coefficient (Wildman–Crippen LogP) is 3.02. The van der Waals surface area contributed by atoms with E-state index in [0.29, 0.717) is 19.8 Å². The molecule has 0 amide bonds. The molecular formula is C17H18FNO2. The summed E-state index contributed by atoms with van der Waals surface area (Å²) in [5.74, 6) is 0.707. The molecule has 0 saturated heterocycles. The molecule has 1 heterocycles. The van der Waals surface area contributed by atoms with Gasteiger partial charge in [-0.2, -0.15) is 0 Å². The van der Waals surface area contributed by atoms with E-state index in [4.69, 9.17) is 9.47 Å². The van der Waals surface area contributed by atoms with Crippen molar-refractivity contribution in [3.8, 4) is 5.75 Å². The molecule has 21 heavy (non-hydrogen) atoms. The summed E-state index contributed by atoms with van der Waals surface area (Å²) in [5.41, 5.74) is 3.09. The highest BCUT2D eigenvalue weighted by Gasteiger charge is 2.09. The van der Waals surface area contributed by atoms with E-state index >= 15 is 0 Å². The molecule has 0 aromatic heterocycles. The number of hydrogen-bond donors (Lipinski definition) is 1. The number of nitrogens with one attached hydrogen (secondary N) is 1. The van der Waals surface area contributed by atoms with Crippen LogP contribution in [0.1, 0.15) is 16.7 Å². The Labute approximate surface area is 123 Å². The van der Waals surface area contributed by atoms with Crippen molar-refractivity contribution >= 4 is 0 Å². The molecule has 110 valence electrons. The molecule has 3 rings (SSSR count). The number of rotatable bonds is 4. The van der Waals surface area contributed by atoms with E-state index < -0.39 is 0 Å². The maximum absolute atomic E-state index is 13.1. The maximum atomic E-state index is 13.1. The molecule has 1 N–H and O–H groups in total. The average Bonchev–Trinajstić information content (AvgIpc) is 2.72. The van der Waals surface area contributed by atoms with Crippen LogP contribution in [-0.4, -0.2) is 13.2 Å². The lowest BCUT2D eigenvalue weighted by Crippen LogP contribution is -2.16. The first-order valence-corrected chi connectivity index (χ1v) is 7.09. The van der Waals surface area contributed by atoms with Gasteiger partial charge in [0.1, 0.15) is 18.2 Å². The zero-order valence-electron chi connectivity index (χ0n) is 11.8. The van der Waals surface area contributed by atoms with Gasteiger partial charge in [-0.15, -0.1) is 0 Å². The van der Waals surface area contributed by atoms with E-state index in [1.54, 1.807) is 6.07 Å². The summed E-state index contributed by atoms with van der Waals surface area (Å²) in [6.45, 7) is 3.28. The molecule has 0 saturated carbocycles. The second-order valence-electron chi connectivity index (χ2n) is 5.09. The smallest absolute Gasteiger partial charge is 0.123 e. The Kier molecular flexibility index (Phi) is 4.48. The van der Waals surface area contributed by atoms with E-state index in [1.807, 2.05) is 18.2 Å². The minimum absolute atomic E-state index is 0.232. The van der Waals surface area contributed by atoms with Gasteiger partial charge in [0.15, 0.2) is 0 Å². The fraction of sp³-hybridized carbons (Fsp3) is 0.294. The summed E-state index contributed by atoms with van der Waals surface area (Å²) >= 11 is 0. The van der Waals surface area contributed by atoms with Gasteiger partial charge < -0.3 is 14.8 Å². The Balaban J connectivity index is 1.59. The van der Waals surface area contributed by atoms with Crippen LogP contribution in [0, 0.1) is 5.82 Å². The summed E-state index contributed by atoms with van der Waals surface area (Å²) in [4.78, 5) is 0. The van der Waals surface area contributed by atoms with Crippen LogP contribution in [-0.2, 0) is 24.5 Å². The Bertz CT molecular complexity index is 615. The topological polar surface area (TPSA) is 30.5 Å². The van der Waals surface area contributed by atoms with E-state index in [0.717, 1.165) is 35.5 Å². The maximum Gasteiger partial charge on any atom is 0.123 e. The zero-order chi connectivity index (χ0) is 14.5. The van der Waals surface area contributed by atoms with E-state index in [-0.39, 0.29) is 5.82 Å². The molecule has 2 aromatic rings. The van der Waals surface area contributed by atoms with Crippen molar-refractivity contribution in [2.75, 3.05) is 13.2 Å². The Morgan fingerprint density at radius 2 is 1.95 bits per heavy atom. The second-order valence-corrected chi connectivity index (χ2v) is 5.09. The van der Waals surface area contributed by atoms with Gasteiger partial charge in [0.05, 0.1) is 13.2 Å². The molecule has 0 radical (unpaired) electrons. The normalized spacial score (nSPS) is 14.1. The van der Waals surface area contributed by atoms with Crippen LogP contribution < -0.4 is 10.1 Å². The average molecular weight is 287 g/mol. The van der Waals surface area contributed by atoms with E-state index in [2.05, 4.69) is 11.4 Å². The van der Waals surface area contributed by atoms with Crippen LogP contribution in [0.2, 0.25) is 0 Å². The molecule has 0 unspecified atom stereocenters. The van der Waals surface area contributed by atoms with Crippen LogP contribution in [0.25, 0.3) is 0 Å². The largest absolute Gasteiger partial charge is 0.492 e. The Hall–Kier alpha value is -1.91. The first-order chi connectivity index (χ1) is 10.3.